The molecule has 4 aliphatic rings. The number of halogens is 2. The molecule has 7 atom stereocenters. The van der Waals surface area contributed by atoms with E-state index in [9.17, 15) is 23.6 Å². The van der Waals surface area contributed by atoms with Crippen molar-refractivity contribution < 1.29 is 23.5 Å². The molecular formula is C34H27ClFN3O5S2. The second-order valence-electron chi connectivity index (χ2n) is 12.3. The molecule has 6 unspecified atom stereocenters. The van der Waals surface area contributed by atoms with Gasteiger partial charge in [-0.15, -0.1) is 11.8 Å². The number of imide groups is 1. The zero-order valence-corrected chi connectivity index (χ0v) is 26.8. The summed E-state index contributed by atoms with van der Waals surface area (Å²) in [5, 5.41) is 3.92. The molecule has 3 amide bonds. The highest BCUT2D eigenvalue weighted by atomic mass is 35.5. The number of hydrogen-bond acceptors (Lipinski definition) is 7. The smallest absolute Gasteiger partial charge is 0.305 e. The summed E-state index contributed by atoms with van der Waals surface area (Å²) in [5.74, 6) is -2.12. The maximum absolute atomic E-state index is 14.0. The van der Waals surface area contributed by atoms with E-state index in [4.69, 9.17) is 16.3 Å². The number of fused-ring (bicyclic) bond motifs is 9. The molecular weight excluding hydrogens is 649 g/mol. The van der Waals surface area contributed by atoms with Gasteiger partial charge in [0.15, 0.2) is 6.61 Å². The van der Waals surface area contributed by atoms with E-state index in [-0.39, 0.29) is 52.2 Å². The third-order valence-electron chi connectivity index (χ3n) is 9.81. The van der Waals surface area contributed by atoms with Crippen LogP contribution in [0, 0.1) is 42.3 Å². The number of carbonyl (C=O) groups is 3. The zero-order chi connectivity index (χ0) is 31.9. The van der Waals surface area contributed by atoms with Gasteiger partial charge in [-0.1, -0.05) is 40.6 Å². The third-order valence-corrected chi connectivity index (χ3v) is 12.6. The average Bonchev–Trinajstić information content (AvgIpc) is 3.77. The number of thioether (sulfide) groups is 1. The Hall–Kier alpha value is -3.93. The molecule has 2 N–H and O–H groups in total. The van der Waals surface area contributed by atoms with Gasteiger partial charge >= 0.3 is 4.87 Å². The van der Waals surface area contributed by atoms with Crippen molar-refractivity contribution >= 4 is 63.8 Å². The summed E-state index contributed by atoms with van der Waals surface area (Å²) in [6, 6.07) is 18.1. The molecule has 1 saturated heterocycles. The van der Waals surface area contributed by atoms with Crippen LogP contribution >= 0.6 is 34.7 Å². The number of nitrogens with zero attached hydrogens (tertiary/aromatic N) is 1. The minimum absolute atomic E-state index is 0.0164. The number of thiazole rings is 1. The van der Waals surface area contributed by atoms with E-state index in [1.807, 2.05) is 37.3 Å². The fourth-order valence-corrected chi connectivity index (χ4v) is 11.1. The first-order valence-electron chi connectivity index (χ1n) is 15.0. The van der Waals surface area contributed by atoms with E-state index in [0.717, 1.165) is 38.8 Å². The number of H-pyrrole nitrogens is 1. The van der Waals surface area contributed by atoms with E-state index in [1.54, 1.807) is 23.9 Å². The summed E-state index contributed by atoms with van der Waals surface area (Å²) in [6.45, 7) is 1.65. The van der Waals surface area contributed by atoms with Crippen molar-refractivity contribution in [3.63, 3.8) is 0 Å². The summed E-state index contributed by atoms with van der Waals surface area (Å²) < 4.78 is 19.4. The molecule has 0 radical (unpaired) electrons. The van der Waals surface area contributed by atoms with E-state index in [0.29, 0.717) is 22.1 Å². The molecule has 12 heteroatoms. The van der Waals surface area contributed by atoms with Crippen molar-refractivity contribution in [3.8, 4) is 5.75 Å². The minimum atomic E-state index is -0.453. The van der Waals surface area contributed by atoms with Gasteiger partial charge in [-0.3, -0.25) is 24.1 Å². The first-order valence-corrected chi connectivity index (χ1v) is 17.1. The first-order chi connectivity index (χ1) is 22.2. The van der Waals surface area contributed by atoms with Crippen LogP contribution in [-0.4, -0.2) is 34.6 Å². The Balaban J connectivity index is 1.14. The molecule has 0 spiro atoms. The highest BCUT2D eigenvalue weighted by Crippen LogP contribution is 2.69. The molecule has 3 heterocycles. The van der Waals surface area contributed by atoms with E-state index >= 15 is 0 Å². The summed E-state index contributed by atoms with van der Waals surface area (Å²) in [5.41, 5.74) is 2.80. The number of aromatic amines is 1. The van der Waals surface area contributed by atoms with Gasteiger partial charge in [-0.2, -0.15) is 0 Å². The van der Waals surface area contributed by atoms with Crippen LogP contribution in [0.25, 0.3) is 0 Å². The maximum Gasteiger partial charge on any atom is 0.305 e. The highest BCUT2D eigenvalue weighted by Gasteiger charge is 2.69. The number of anilines is 2. The molecule has 8 rings (SSSR count). The van der Waals surface area contributed by atoms with Gasteiger partial charge in [0, 0.05) is 32.3 Å². The fraction of sp³-hybridized carbons (Fsp3) is 0.294. The fourth-order valence-electron chi connectivity index (χ4n) is 8.08. The largest absolute Gasteiger partial charge is 0.483 e. The number of benzene rings is 3. The van der Waals surface area contributed by atoms with E-state index in [2.05, 4.69) is 10.3 Å². The molecule has 2 bridgehead atoms. The topological polar surface area (TPSA) is 109 Å². The number of aryl methyl sites for hydroxylation is 1. The van der Waals surface area contributed by atoms with Gasteiger partial charge in [0.25, 0.3) is 5.91 Å². The number of amides is 3. The van der Waals surface area contributed by atoms with Gasteiger partial charge in [-0.25, -0.2) is 4.39 Å². The van der Waals surface area contributed by atoms with Crippen LogP contribution in [-0.2, 0) is 14.4 Å². The van der Waals surface area contributed by atoms with Crippen LogP contribution in [0.3, 0.4) is 0 Å². The Morgan fingerprint density at radius 2 is 1.74 bits per heavy atom. The predicted molar refractivity (Wildman–Crippen MR) is 174 cm³/mol. The summed E-state index contributed by atoms with van der Waals surface area (Å²) in [6.07, 6.45) is 0.739. The predicted octanol–water partition coefficient (Wildman–Crippen LogP) is 6.23. The Kier molecular flexibility index (Phi) is 7.11. The average molecular weight is 676 g/mol. The molecule has 2 aliphatic carbocycles. The summed E-state index contributed by atoms with van der Waals surface area (Å²) in [7, 11) is 0. The quantitative estimate of drug-likeness (QED) is 0.235. The second-order valence-corrected chi connectivity index (χ2v) is 15.0. The lowest BCUT2D eigenvalue weighted by Gasteiger charge is -2.43. The van der Waals surface area contributed by atoms with Gasteiger partial charge < -0.3 is 15.0 Å². The number of rotatable bonds is 6. The van der Waals surface area contributed by atoms with Crippen LogP contribution in [0.1, 0.15) is 28.3 Å². The minimum Gasteiger partial charge on any atom is -0.483 e. The monoisotopic (exact) mass is 675 g/mol. The van der Waals surface area contributed by atoms with Crippen molar-refractivity contribution in [1.82, 2.24) is 4.98 Å². The molecule has 234 valence electrons. The number of carbonyl (C=O) groups excluding carboxylic acids is 3. The van der Waals surface area contributed by atoms with Crippen molar-refractivity contribution in [1.29, 1.82) is 0 Å². The normalized spacial score (nSPS) is 27.4. The first kappa shape index (κ1) is 29.5. The molecule has 4 aromatic rings. The van der Waals surface area contributed by atoms with Gasteiger partial charge in [0.1, 0.15) is 11.6 Å². The Bertz CT molecular complexity index is 1960. The molecule has 1 aromatic heterocycles. The van der Waals surface area contributed by atoms with Gasteiger partial charge in [-0.05, 0) is 85.7 Å². The lowest BCUT2D eigenvalue weighted by Crippen LogP contribution is -2.42. The molecule has 8 nitrogen and oxygen atoms in total. The number of aromatic nitrogens is 1. The Morgan fingerprint density at radius 3 is 2.48 bits per heavy atom. The number of ether oxygens (including phenoxy) is 1. The lowest BCUT2D eigenvalue weighted by molar-refractivity contribution is -0.123. The van der Waals surface area contributed by atoms with Crippen LogP contribution < -0.4 is 19.8 Å². The molecule has 3 fully saturated rings. The van der Waals surface area contributed by atoms with E-state index < -0.39 is 23.6 Å². The molecule has 2 aliphatic heterocycles. The standard InChI is InChI=1S/C34H27ClFN3O5S2/c1-15-2-9-19(10-3-15)39-32(41)27-21-13-22(28(27)33(39)42)29-26(21)25(30-31(45-29)38-34(43)46-30)20-12-16(35)4-11-23(20)44-14-24(40)37-18-7-5-17(36)6-8-18/h2-12,21-22,25-29H,13-14H2,1H3,(H,37,40)(H,38,43)/t21?,22?,25-,26?,27?,28?,29?/m1/s1. The van der Waals surface area contributed by atoms with E-state index in [1.165, 1.54) is 29.2 Å². The zero-order valence-electron chi connectivity index (χ0n) is 24.4. The van der Waals surface area contributed by atoms with Crippen LogP contribution in [0.2, 0.25) is 5.02 Å². The molecule has 46 heavy (non-hydrogen) atoms. The third kappa shape index (κ3) is 4.70. The number of nitrogens with one attached hydrogen (secondary N) is 2. The summed E-state index contributed by atoms with van der Waals surface area (Å²) in [4.78, 5) is 58.5. The van der Waals surface area contributed by atoms with Crippen LogP contribution in [0.15, 0.2) is 76.6 Å². The Labute approximate surface area is 276 Å². The molecule has 2 saturated carbocycles. The van der Waals surface area contributed by atoms with Crippen molar-refractivity contribution in [3.05, 3.63) is 103 Å². The highest BCUT2D eigenvalue weighted by molar-refractivity contribution is 8.00. The SMILES string of the molecule is Cc1ccc(N2C(=O)C3C4CC(C3C2=O)C2C4Sc3[nH]c(=O)sc3[C@@H]2c2cc(Cl)ccc2OCC(=O)Nc2ccc(F)cc2)cc1. The van der Waals surface area contributed by atoms with Crippen molar-refractivity contribution in [2.45, 2.75) is 29.5 Å². The lowest BCUT2D eigenvalue weighted by atomic mass is 9.68. The van der Waals surface area contributed by atoms with Crippen LogP contribution in [0.4, 0.5) is 15.8 Å². The summed E-state index contributed by atoms with van der Waals surface area (Å²) >= 11 is 9.29. The van der Waals surface area contributed by atoms with Crippen LogP contribution in [0.5, 0.6) is 5.75 Å². The second kappa shape index (κ2) is 11.1. The van der Waals surface area contributed by atoms with Gasteiger partial charge in [0.2, 0.25) is 11.8 Å². The van der Waals surface area contributed by atoms with Crippen molar-refractivity contribution in [2.24, 2.45) is 29.6 Å². The maximum atomic E-state index is 14.0. The van der Waals surface area contributed by atoms with Crippen molar-refractivity contribution in [2.75, 3.05) is 16.8 Å². The van der Waals surface area contributed by atoms with Gasteiger partial charge in [0.05, 0.1) is 22.5 Å². The molecule has 3 aromatic carbocycles. The Morgan fingerprint density at radius 1 is 1.02 bits per heavy atom. The number of hydrogen-bond donors (Lipinski definition) is 2.